The van der Waals surface area contributed by atoms with Gasteiger partial charge in [-0.25, -0.2) is 0 Å². The van der Waals surface area contributed by atoms with Crippen LogP contribution in [0.5, 0.6) is 0 Å². The van der Waals surface area contributed by atoms with Gasteiger partial charge in [0.15, 0.2) is 0 Å². The second-order valence-electron chi connectivity index (χ2n) is 3.60. The van der Waals surface area contributed by atoms with E-state index in [2.05, 4.69) is 37.1 Å². The van der Waals surface area contributed by atoms with E-state index in [0.29, 0.717) is 6.04 Å². The molecule has 2 rings (SSSR count). The molecule has 14 heavy (non-hydrogen) atoms. The van der Waals surface area contributed by atoms with Crippen LogP contribution in [0, 0.1) is 6.92 Å². The van der Waals surface area contributed by atoms with Crippen molar-refractivity contribution in [3.63, 3.8) is 0 Å². The number of hydrogen-bond acceptors (Lipinski definition) is 3. The number of nitrogens with zero attached hydrogens (tertiary/aromatic N) is 3. The average molecular weight is 207 g/mol. The fraction of sp³-hybridized carbons (Fsp3) is 0.400. The maximum atomic E-state index is 4.54. The van der Waals surface area contributed by atoms with Gasteiger partial charge in [-0.1, -0.05) is 0 Å². The van der Waals surface area contributed by atoms with E-state index in [4.69, 9.17) is 0 Å². The molecule has 0 spiro atoms. The van der Waals surface area contributed by atoms with Gasteiger partial charge in [0, 0.05) is 18.4 Å². The molecule has 2 aromatic heterocycles. The lowest BCUT2D eigenvalue weighted by molar-refractivity contribution is 0.534. The Bertz CT molecular complexity index is 415. The van der Waals surface area contributed by atoms with Gasteiger partial charge in [-0.05, 0) is 26.3 Å². The molecule has 0 saturated carbocycles. The van der Waals surface area contributed by atoms with E-state index in [1.165, 1.54) is 5.56 Å². The lowest BCUT2D eigenvalue weighted by Crippen LogP contribution is -2.00. The van der Waals surface area contributed by atoms with Crippen LogP contribution in [-0.4, -0.2) is 14.8 Å². The summed E-state index contributed by atoms with van der Waals surface area (Å²) in [4.78, 5) is 5.20. The monoisotopic (exact) mass is 207 g/mol. The first kappa shape index (κ1) is 9.40. The summed E-state index contributed by atoms with van der Waals surface area (Å²) in [6.45, 7) is 6.34. The van der Waals surface area contributed by atoms with Gasteiger partial charge in [-0.2, -0.15) is 5.10 Å². The molecule has 0 aliphatic heterocycles. The summed E-state index contributed by atoms with van der Waals surface area (Å²) in [5, 5.41) is 4.54. The average Bonchev–Trinajstić information content (AvgIpc) is 2.71. The van der Waals surface area contributed by atoms with Crippen molar-refractivity contribution < 1.29 is 0 Å². The van der Waals surface area contributed by atoms with Crippen molar-refractivity contribution in [2.45, 2.75) is 26.8 Å². The number of rotatable bonds is 2. The lowest BCUT2D eigenvalue weighted by atomic mass is 10.2. The Balaban J connectivity index is 2.45. The van der Waals surface area contributed by atoms with Gasteiger partial charge in [-0.15, -0.1) is 11.3 Å². The Kier molecular flexibility index (Phi) is 2.37. The van der Waals surface area contributed by atoms with Gasteiger partial charge in [0.2, 0.25) is 0 Å². The maximum absolute atomic E-state index is 4.54. The highest BCUT2D eigenvalue weighted by molar-refractivity contribution is 7.13. The Morgan fingerprint density at radius 3 is 2.71 bits per heavy atom. The van der Waals surface area contributed by atoms with Crippen molar-refractivity contribution in [3.8, 4) is 10.6 Å². The molecule has 0 bridgehead atoms. The molecule has 74 valence electrons. The third-order valence-electron chi connectivity index (χ3n) is 2.11. The molecular formula is C10H13N3S. The minimum Gasteiger partial charge on any atom is -0.269 e. The molecule has 2 aromatic rings. The molecule has 0 aliphatic rings. The lowest BCUT2D eigenvalue weighted by Gasteiger charge is -2.02. The van der Waals surface area contributed by atoms with Crippen molar-refractivity contribution in [2.24, 2.45) is 0 Å². The Hall–Kier alpha value is -1.16. The molecule has 0 saturated heterocycles. The number of thiazole rings is 1. The Morgan fingerprint density at radius 1 is 1.43 bits per heavy atom. The second-order valence-corrected chi connectivity index (χ2v) is 4.49. The van der Waals surface area contributed by atoms with E-state index in [1.54, 1.807) is 11.3 Å². The molecule has 4 heteroatoms. The van der Waals surface area contributed by atoms with Gasteiger partial charge in [0.05, 0.1) is 10.4 Å². The summed E-state index contributed by atoms with van der Waals surface area (Å²) >= 11 is 1.63. The van der Waals surface area contributed by atoms with E-state index in [1.807, 2.05) is 16.4 Å². The summed E-state index contributed by atoms with van der Waals surface area (Å²) in [7, 11) is 0. The van der Waals surface area contributed by atoms with Gasteiger partial charge < -0.3 is 0 Å². The molecule has 0 radical (unpaired) electrons. The standard InChI is InChI=1S/C10H13N3S/c1-7(2)13-5-8(3)10(12-13)9-4-11-6-14-9/h4-7H,1-3H3. The van der Waals surface area contributed by atoms with Crippen molar-refractivity contribution in [2.75, 3.05) is 0 Å². The fourth-order valence-corrected chi connectivity index (χ4v) is 1.99. The molecule has 0 aromatic carbocycles. The van der Waals surface area contributed by atoms with Crippen molar-refractivity contribution in [1.29, 1.82) is 0 Å². The molecule has 0 atom stereocenters. The van der Waals surface area contributed by atoms with Gasteiger partial charge in [0.1, 0.15) is 5.69 Å². The third kappa shape index (κ3) is 1.57. The summed E-state index contributed by atoms with van der Waals surface area (Å²) in [5.74, 6) is 0. The normalized spacial score (nSPS) is 11.1. The molecule has 0 fully saturated rings. The summed E-state index contributed by atoms with van der Waals surface area (Å²) in [6.07, 6.45) is 3.95. The topological polar surface area (TPSA) is 30.7 Å². The quantitative estimate of drug-likeness (QED) is 0.758. The zero-order valence-electron chi connectivity index (χ0n) is 8.56. The van der Waals surface area contributed by atoms with E-state index in [-0.39, 0.29) is 0 Å². The van der Waals surface area contributed by atoms with Crippen LogP contribution in [0.2, 0.25) is 0 Å². The highest BCUT2D eigenvalue weighted by Gasteiger charge is 2.10. The molecule has 0 N–H and O–H groups in total. The molecule has 2 heterocycles. The minimum atomic E-state index is 0.412. The number of aromatic nitrogens is 3. The van der Waals surface area contributed by atoms with E-state index in [0.717, 1.165) is 10.6 Å². The largest absolute Gasteiger partial charge is 0.269 e. The van der Waals surface area contributed by atoms with Crippen LogP contribution >= 0.6 is 11.3 Å². The molecule has 0 amide bonds. The zero-order chi connectivity index (χ0) is 10.1. The van der Waals surface area contributed by atoms with Crippen LogP contribution in [-0.2, 0) is 0 Å². The van der Waals surface area contributed by atoms with E-state index < -0.39 is 0 Å². The molecule has 3 nitrogen and oxygen atoms in total. The predicted octanol–water partition coefficient (Wildman–Crippen LogP) is 2.90. The molecular weight excluding hydrogens is 194 g/mol. The minimum absolute atomic E-state index is 0.412. The van der Waals surface area contributed by atoms with Crippen molar-refractivity contribution >= 4 is 11.3 Å². The second kappa shape index (κ2) is 3.53. The Labute approximate surface area is 87.4 Å². The smallest absolute Gasteiger partial charge is 0.107 e. The van der Waals surface area contributed by atoms with Crippen LogP contribution in [0.1, 0.15) is 25.5 Å². The van der Waals surface area contributed by atoms with Crippen LogP contribution in [0.3, 0.4) is 0 Å². The predicted molar refractivity (Wildman–Crippen MR) is 58.5 cm³/mol. The van der Waals surface area contributed by atoms with Gasteiger partial charge >= 0.3 is 0 Å². The number of aryl methyl sites for hydroxylation is 1. The van der Waals surface area contributed by atoms with Crippen LogP contribution in [0.15, 0.2) is 17.9 Å². The van der Waals surface area contributed by atoms with Crippen LogP contribution < -0.4 is 0 Å². The van der Waals surface area contributed by atoms with Crippen LogP contribution in [0.4, 0.5) is 0 Å². The highest BCUT2D eigenvalue weighted by Crippen LogP contribution is 2.25. The molecule has 0 aliphatic carbocycles. The molecule has 0 unspecified atom stereocenters. The SMILES string of the molecule is Cc1cn(C(C)C)nc1-c1cncs1. The Morgan fingerprint density at radius 2 is 2.21 bits per heavy atom. The first-order valence-corrected chi connectivity index (χ1v) is 5.51. The number of hydrogen-bond donors (Lipinski definition) is 0. The van der Waals surface area contributed by atoms with Crippen molar-refractivity contribution in [1.82, 2.24) is 14.8 Å². The van der Waals surface area contributed by atoms with Gasteiger partial charge in [-0.3, -0.25) is 9.67 Å². The summed E-state index contributed by atoms with van der Waals surface area (Å²) in [5.41, 5.74) is 4.10. The van der Waals surface area contributed by atoms with E-state index in [9.17, 15) is 0 Å². The first-order chi connectivity index (χ1) is 6.68. The third-order valence-corrected chi connectivity index (χ3v) is 2.89. The fourth-order valence-electron chi connectivity index (χ4n) is 1.32. The zero-order valence-corrected chi connectivity index (χ0v) is 9.38. The highest BCUT2D eigenvalue weighted by atomic mass is 32.1. The first-order valence-electron chi connectivity index (χ1n) is 4.63. The van der Waals surface area contributed by atoms with Crippen molar-refractivity contribution in [3.05, 3.63) is 23.5 Å². The van der Waals surface area contributed by atoms with Crippen LogP contribution in [0.25, 0.3) is 10.6 Å². The summed E-state index contributed by atoms with van der Waals surface area (Å²) < 4.78 is 1.99. The summed E-state index contributed by atoms with van der Waals surface area (Å²) in [6, 6.07) is 0.412. The maximum Gasteiger partial charge on any atom is 0.107 e. The van der Waals surface area contributed by atoms with Gasteiger partial charge in [0.25, 0.3) is 0 Å². The van der Waals surface area contributed by atoms with E-state index >= 15 is 0 Å².